The number of rotatable bonds is 4. The molecule has 0 radical (unpaired) electrons. The molecule has 0 spiro atoms. The molecule has 0 bridgehead atoms. The fourth-order valence-electron chi connectivity index (χ4n) is 1.06. The van der Waals surface area contributed by atoms with Crippen molar-refractivity contribution in [3.05, 3.63) is 28.5 Å². The summed E-state index contributed by atoms with van der Waals surface area (Å²) in [6.45, 7) is 4.15. The third kappa shape index (κ3) is 3.82. The Morgan fingerprint density at radius 1 is 1.50 bits per heavy atom. The molecule has 0 aliphatic carbocycles. The van der Waals surface area contributed by atoms with Crippen LogP contribution in [0.3, 0.4) is 0 Å². The lowest BCUT2D eigenvalue weighted by Gasteiger charge is -2.15. The Balaban J connectivity index is 2.53. The second-order valence-electron chi connectivity index (χ2n) is 4.17. The van der Waals surface area contributed by atoms with Gasteiger partial charge in [0.2, 0.25) is 0 Å². The molecule has 0 unspecified atom stereocenters. The van der Waals surface area contributed by atoms with Crippen molar-refractivity contribution < 1.29 is 9.13 Å². The van der Waals surface area contributed by atoms with Gasteiger partial charge in [0.05, 0.1) is 22.6 Å². The van der Waals surface area contributed by atoms with Gasteiger partial charge in [-0.25, -0.2) is 4.39 Å². The lowest BCUT2D eigenvalue weighted by molar-refractivity contribution is 0.263. The molecule has 86 valence electrons. The zero-order valence-electron chi connectivity index (χ0n) is 9.26. The van der Waals surface area contributed by atoms with Gasteiger partial charge in [-0.1, -0.05) is 0 Å². The molecule has 4 heteroatoms. The van der Waals surface area contributed by atoms with E-state index in [0.717, 1.165) is 0 Å². The van der Waals surface area contributed by atoms with E-state index in [2.05, 4.69) is 22.0 Å². The molecular formula is C12H13BrFNO. The second-order valence-corrected chi connectivity index (χ2v) is 5.02. The first-order valence-corrected chi connectivity index (χ1v) is 5.73. The fourth-order valence-corrected chi connectivity index (χ4v) is 1.53. The fraction of sp³-hybridized carbons (Fsp3) is 0.417. The molecule has 0 N–H and O–H groups in total. The zero-order chi connectivity index (χ0) is 12.2. The highest BCUT2D eigenvalue weighted by Gasteiger charge is 2.16. The van der Waals surface area contributed by atoms with E-state index < -0.39 is 5.41 Å². The Morgan fingerprint density at radius 3 is 2.75 bits per heavy atom. The van der Waals surface area contributed by atoms with Crippen molar-refractivity contribution in [2.75, 3.05) is 6.61 Å². The molecule has 1 aromatic carbocycles. The van der Waals surface area contributed by atoms with Crippen molar-refractivity contribution in [1.82, 2.24) is 0 Å². The minimum atomic E-state index is -0.396. The maximum absolute atomic E-state index is 12.8. The highest BCUT2D eigenvalue weighted by Crippen LogP contribution is 2.26. The lowest BCUT2D eigenvalue weighted by Crippen LogP contribution is -2.13. The number of hydrogen-bond donors (Lipinski definition) is 0. The zero-order valence-corrected chi connectivity index (χ0v) is 10.8. The van der Waals surface area contributed by atoms with Gasteiger partial charge < -0.3 is 4.74 Å². The van der Waals surface area contributed by atoms with Crippen LogP contribution in [0.2, 0.25) is 0 Å². The number of halogens is 2. The van der Waals surface area contributed by atoms with Crippen LogP contribution in [0, 0.1) is 22.6 Å². The Kier molecular flexibility index (Phi) is 4.31. The number of hydrogen-bond acceptors (Lipinski definition) is 2. The van der Waals surface area contributed by atoms with Gasteiger partial charge in [-0.2, -0.15) is 5.26 Å². The van der Waals surface area contributed by atoms with Crippen LogP contribution in [0.1, 0.15) is 20.3 Å². The van der Waals surface area contributed by atoms with E-state index in [1.54, 1.807) is 6.07 Å². The molecule has 1 rings (SSSR count). The van der Waals surface area contributed by atoms with Gasteiger partial charge in [-0.3, -0.25) is 0 Å². The molecule has 0 saturated carbocycles. The predicted octanol–water partition coefficient (Wildman–Crippen LogP) is 3.91. The summed E-state index contributed by atoms with van der Waals surface area (Å²) in [6.07, 6.45) is 0.632. The summed E-state index contributed by atoms with van der Waals surface area (Å²) in [6, 6.07) is 6.46. The first kappa shape index (κ1) is 13.0. The van der Waals surface area contributed by atoms with Crippen LogP contribution in [0.4, 0.5) is 4.39 Å². The van der Waals surface area contributed by atoms with E-state index >= 15 is 0 Å². The van der Waals surface area contributed by atoms with Gasteiger partial charge in [0.15, 0.2) is 0 Å². The minimum absolute atomic E-state index is 0.309. The van der Waals surface area contributed by atoms with E-state index in [0.29, 0.717) is 23.2 Å². The maximum atomic E-state index is 12.8. The molecule has 16 heavy (non-hydrogen) atoms. The molecule has 0 aromatic heterocycles. The number of nitriles is 1. The van der Waals surface area contributed by atoms with Crippen LogP contribution in [0.5, 0.6) is 5.75 Å². The van der Waals surface area contributed by atoms with Crippen molar-refractivity contribution in [2.24, 2.45) is 5.41 Å². The van der Waals surface area contributed by atoms with Crippen LogP contribution in [0.25, 0.3) is 0 Å². The first-order valence-electron chi connectivity index (χ1n) is 4.94. The smallest absolute Gasteiger partial charge is 0.133 e. The largest absolute Gasteiger partial charge is 0.492 e. The van der Waals surface area contributed by atoms with Crippen molar-refractivity contribution in [3.8, 4) is 11.8 Å². The summed E-state index contributed by atoms with van der Waals surface area (Å²) in [5, 5.41) is 8.82. The summed E-state index contributed by atoms with van der Waals surface area (Å²) >= 11 is 3.21. The lowest BCUT2D eigenvalue weighted by atomic mass is 9.92. The summed E-state index contributed by atoms with van der Waals surface area (Å²) in [5.41, 5.74) is -0.396. The van der Waals surface area contributed by atoms with Gasteiger partial charge in [-0.15, -0.1) is 0 Å². The SMILES string of the molecule is CC(C)(C#N)CCOc1ccc(F)cc1Br. The quantitative estimate of drug-likeness (QED) is 0.840. The Morgan fingerprint density at radius 2 is 2.19 bits per heavy atom. The molecule has 2 nitrogen and oxygen atoms in total. The maximum Gasteiger partial charge on any atom is 0.133 e. The predicted molar refractivity (Wildman–Crippen MR) is 63.6 cm³/mol. The summed E-state index contributed by atoms with van der Waals surface area (Å²) in [5.74, 6) is 0.284. The highest BCUT2D eigenvalue weighted by atomic mass is 79.9. The molecule has 0 aliphatic heterocycles. The monoisotopic (exact) mass is 285 g/mol. The molecular weight excluding hydrogens is 273 g/mol. The van der Waals surface area contributed by atoms with Crippen LogP contribution < -0.4 is 4.74 Å². The van der Waals surface area contributed by atoms with Crippen LogP contribution in [-0.2, 0) is 0 Å². The van der Waals surface area contributed by atoms with E-state index in [4.69, 9.17) is 10.00 Å². The second kappa shape index (κ2) is 5.31. The molecule has 0 heterocycles. The van der Waals surface area contributed by atoms with Gasteiger partial charge in [-0.05, 0) is 54.4 Å². The molecule has 0 amide bonds. The standard InChI is InChI=1S/C12H13BrFNO/c1-12(2,8-15)5-6-16-11-4-3-9(14)7-10(11)13/h3-4,7H,5-6H2,1-2H3. The van der Waals surface area contributed by atoms with Crippen molar-refractivity contribution in [2.45, 2.75) is 20.3 Å². The van der Waals surface area contributed by atoms with Crippen LogP contribution in [-0.4, -0.2) is 6.61 Å². The Bertz CT molecular complexity index is 412. The average Bonchev–Trinajstić information content (AvgIpc) is 2.21. The van der Waals surface area contributed by atoms with Gasteiger partial charge in [0, 0.05) is 0 Å². The Hall–Kier alpha value is -1.08. The number of ether oxygens (including phenoxy) is 1. The molecule has 1 aromatic rings. The summed E-state index contributed by atoms with van der Waals surface area (Å²) in [4.78, 5) is 0. The molecule has 0 fully saturated rings. The first-order chi connectivity index (χ1) is 7.44. The summed E-state index contributed by atoms with van der Waals surface area (Å²) < 4.78 is 18.8. The van der Waals surface area contributed by atoms with Crippen molar-refractivity contribution in [1.29, 1.82) is 5.26 Å². The van der Waals surface area contributed by atoms with Crippen molar-refractivity contribution in [3.63, 3.8) is 0 Å². The number of nitrogens with zero attached hydrogens (tertiary/aromatic N) is 1. The third-order valence-corrected chi connectivity index (χ3v) is 2.80. The summed E-state index contributed by atoms with van der Waals surface area (Å²) in [7, 11) is 0. The van der Waals surface area contributed by atoms with E-state index in [1.165, 1.54) is 12.1 Å². The number of benzene rings is 1. The normalized spacial score (nSPS) is 10.9. The molecule has 0 aliphatic rings. The van der Waals surface area contributed by atoms with E-state index in [-0.39, 0.29) is 5.82 Å². The van der Waals surface area contributed by atoms with Gasteiger partial charge >= 0.3 is 0 Å². The van der Waals surface area contributed by atoms with E-state index in [9.17, 15) is 4.39 Å². The van der Waals surface area contributed by atoms with Crippen LogP contribution >= 0.6 is 15.9 Å². The molecule has 0 saturated heterocycles. The average molecular weight is 286 g/mol. The van der Waals surface area contributed by atoms with Crippen LogP contribution in [0.15, 0.2) is 22.7 Å². The molecule has 0 atom stereocenters. The minimum Gasteiger partial charge on any atom is -0.492 e. The van der Waals surface area contributed by atoms with E-state index in [1.807, 2.05) is 13.8 Å². The third-order valence-electron chi connectivity index (χ3n) is 2.18. The Labute approximate surface area is 103 Å². The van der Waals surface area contributed by atoms with Crippen molar-refractivity contribution >= 4 is 15.9 Å². The van der Waals surface area contributed by atoms with Gasteiger partial charge in [0.1, 0.15) is 11.6 Å². The highest BCUT2D eigenvalue weighted by molar-refractivity contribution is 9.10. The van der Waals surface area contributed by atoms with Gasteiger partial charge in [0.25, 0.3) is 0 Å². The topological polar surface area (TPSA) is 33.0 Å².